The van der Waals surface area contributed by atoms with Crippen LogP contribution in [-0.4, -0.2) is 16.1 Å². The van der Waals surface area contributed by atoms with Gasteiger partial charge in [0.25, 0.3) is 0 Å². The second kappa shape index (κ2) is 6.17. The molecule has 4 nitrogen and oxygen atoms in total. The van der Waals surface area contributed by atoms with E-state index >= 15 is 0 Å². The summed E-state index contributed by atoms with van der Waals surface area (Å²) >= 11 is 1.88. The van der Waals surface area contributed by atoms with Crippen LogP contribution in [0.1, 0.15) is 16.8 Å². The van der Waals surface area contributed by atoms with Crippen LogP contribution in [0.2, 0.25) is 0 Å². The zero-order chi connectivity index (χ0) is 16.5. The number of hydrogen-bond acceptors (Lipinski definition) is 4. The molecule has 0 saturated heterocycles. The Morgan fingerprint density at radius 1 is 1.12 bits per heavy atom. The van der Waals surface area contributed by atoms with Crippen molar-refractivity contribution < 1.29 is 9.90 Å². The van der Waals surface area contributed by atoms with Gasteiger partial charge in [-0.05, 0) is 23.8 Å². The number of anilines is 2. The second-order valence-corrected chi connectivity index (χ2v) is 6.80. The van der Waals surface area contributed by atoms with Crippen molar-refractivity contribution in [1.82, 2.24) is 4.98 Å². The number of para-hydroxylation sites is 1. The Balaban J connectivity index is 1.73. The van der Waals surface area contributed by atoms with Crippen molar-refractivity contribution in [3.8, 4) is 0 Å². The van der Waals surface area contributed by atoms with Crippen LogP contribution in [0.25, 0.3) is 10.9 Å². The van der Waals surface area contributed by atoms with Crippen molar-refractivity contribution >= 4 is 40.0 Å². The Hall–Kier alpha value is -2.53. The van der Waals surface area contributed by atoms with Gasteiger partial charge in [0.05, 0.1) is 23.3 Å². The van der Waals surface area contributed by atoms with E-state index in [1.807, 2.05) is 54.2 Å². The minimum atomic E-state index is -0.814. The number of carboxylic acids is 1. The molecule has 0 amide bonds. The lowest BCUT2D eigenvalue weighted by atomic mass is 10.1. The molecule has 1 aliphatic heterocycles. The summed E-state index contributed by atoms with van der Waals surface area (Å²) in [4.78, 5) is 15.6. The maximum atomic E-state index is 10.8. The number of pyridine rings is 1. The predicted octanol–water partition coefficient (Wildman–Crippen LogP) is 4.35. The first-order chi connectivity index (χ1) is 11.7. The second-order valence-electron chi connectivity index (χ2n) is 5.81. The van der Waals surface area contributed by atoms with E-state index in [0.29, 0.717) is 0 Å². The van der Waals surface area contributed by atoms with E-state index in [0.717, 1.165) is 45.0 Å². The van der Waals surface area contributed by atoms with E-state index in [4.69, 9.17) is 10.1 Å². The SMILES string of the molecule is O=C(O)Cc1ccc(Nc2c3c(nc4ccccc24)CSC3)cc1. The highest BCUT2D eigenvalue weighted by Crippen LogP contribution is 2.39. The van der Waals surface area contributed by atoms with Crippen LogP contribution >= 0.6 is 11.8 Å². The number of carbonyl (C=O) groups is 1. The van der Waals surface area contributed by atoms with E-state index in [1.165, 1.54) is 5.56 Å². The lowest BCUT2D eigenvalue weighted by Gasteiger charge is -2.14. The van der Waals surface area contributed by atoms with Gasteiger partial charge in [0.2, 0.25) is 0 Å². The number of carboxylic acid groups (broad SMARTS) is 1. The van der Waals surface area contributed by atoms with Crippen LogP contribution in [0.4, 0.5) is 11.4 Å². The van der Waals surface area contributed by atoms with Crippen LogP contribution in [0, 0.1) is 0 Å². The van der Waals surface area contributed by atoms with Gasteiger partial charge in [-0.15, -0.1) is 0 Å². The number of rotatable bonds is 4. The molecule has 2 aromatic carbocycles. The molecular formula is C19H16N2O2S. The van der Waals surface area contributed by atoms with Crippen molar-refractivity contribution in [2.45, 2.75) is 17.9 Å². The molecule has 0 fully saturated rings. The molecule has 5 heteroatoms. The Bertz CT molecular complexity index is 923. The molecule has 24 heavy (non-hydrogen) atoms. The lowest BCUT2D eigenvalue weighted by Crippen LogP contribution is -2.01. The highest BCUT2D eigenvalue weighted by atomic mass is 32.2. The van der Waals surface area contributed by atoms with Crippen LogP contribution in [-0.2, 0) is 22.7 Å². The number of nitrogens with zero attached hydrogens (tertiary/aromatic N) is 1. The van der Waals surface area contributed by atoms with Crippen molar-refractivity contribution in [3.05, 3.63) is 65.4 Å². The quantitative estimate of drug-likeness (QED) is 0.741. The Kier molecular flexibility index (Phi) is 3.86. The number of aliphatic carboxylic acids is 1. The van der Waals surface area contributed by atoms with Gasteiger partial charge in [-0.25, -0.2) is 0 Å². The van der Waals surface area contributed by atoms with Crippen molar-refractivity contribution in [2.24, 2.45) is 0 Å². The monoisotopic (exact) mass is 336 g/mol. The first kappa shape index (κ1) is 15.0. The molecular weight excluding hydrogens is 320 g/mol. The van der Waals surface area contributed by atoms with E-state index in [-0.39, 0.29) is 6.42 Å². The molecule has 1 aromatic heterocycles. The predicted molar refractivity (Wildman–Crippen MR) is 97.8 cm³/mol. The standard InChI is InChI=1S/C19H16N2O2S/c22-18(23)9-12-5-7-13(8-6-12)20-19-14-3-1-2-4-16(14)21-17-11-24-10-15(17)19/h1-8H,9-11H2,(H,20,21)(H,22,23). The molecule has 0 spiro atoms. The topological polar surface area (TPSA) is 62.2 Å². The van der Waals surface area contributed by atoms with Gasteiger partial charge < -0.3 is 10.4 Å². The Labute approximate surface area is 143 Å². The lowest BCUT2D eigenvalue weighted by molar-refractivity contribution is -0.136. The number of fused-ring (bicyclic) bond motifs is 2. The smallest absolute Gasteiger partial charge is 0.307 e. The van der Waals surface area contributed by atoms with Crippen molar-refractivity contribution in [3.63, 3.8) is 0 Å². The fraction of sp³-hybridized carbons (Fsp3) is 0.158. The van der Waals surface area contributed by atoms with Crippen LogP contribution in [0.5, 0.6) is 0 Å². The first-order valence-electron chi connectivity index (χ1n) is 7.77. The number of thioether (sulfide) groups is 1. The first-order valence-corrected chi connectivity index (χ1v) is 8.92. The molecule has 3 aromatic rings. The van der Waals surface area contributed by atoms with Gasteiger partial charge in [-0.1, -0.05) is 30.3 Å². The fourth-order valence-electron chi connectivity index (χ4n) is 2.99. The molecule has 0 unspecified atom stereocenters. The fourth-order valence-corrected chi connectivity index (χ4v) is 4.04. The summed E-state index contributed by atoms with van der Waals surface area (Å²) < 4.78 is 0. The van der Waals surface area contributed by atoms with Gasteiger partial charge in [0.15, 0.2) is 0 Å². The number of nitrogens with one attached hydrogen (secondary N) is 1. The third kappa shape index (κ3) is 2.83. The van der Waals surface area contributed by atoms with Gasteiger partial charge in [-0.2, -0.15) is 11.8 Å². The summed E-state index contributed by atoms with van der Waals surface area (Å²) in [7, 11) is 0. The van der Waals surface area contributed by atoms with Gasteiger partial charge in [0.1, 0.15) is 0 Å². The molecule has 0 bridgehead atoms. The number of benzene rings is 2. The summed E-state index contributed by atoms with van der Waals surface area (Å²) in [5, 5.41) is 13.5. The zero-order valence-corrected chi connectivity index (χ0v) is 13.8. The Morgan fingerprint density at radius 3 is 2.71 bits per heavy atom. The molecule has 0 saturated carbocycles. The van der Waals surface area contributed by atoms with Crippen LogP contribution < -0.4 is 5.32 Å². The minimum absolute atomic E-state index is 0.0461. The van der Waals surface area contributed by atoms with Crippen LogP contribution in [0.3, 0.4) is 0 Å². The highest BCUT2D eigenvalue weighted by molar-refractivity contribution is 7.98. The summed E-state index contributed by atoms with van der Waals surface area (Å²) in [5.74, 6) is 1.10. The molecule has 4 rings (SSSR count). The summed E-state index contributed by atoms with van der Waals surface area (Å²) in [5.41, 5.74) is 6.31. The zero-order valence-electron chi connectivity index (χ0n) is 13.0. The average Bonchev–Trinajstić information content (AvgIpc) is 3.04. The third-order valence-electron chi connectivity index (χ3n) is 4.14. The van der Waals surface area contributed by atoms with Crippen molar-refractivity contribution in [2.75, 3.05) is 5.32 Å². The summed E-state index contributed by atoms with van der Waals surface area (Å²) in [6.45, 7) is 0. The molecule has 2 N–H and O–H groups in total. The van der Waals surface area contributed by atoms with E-state index in [1.54, 1.807) is 0 Å². The molecule has 0 aliphatic carbocycles. The van der Waals surface area contributed by atoms with Gasteiger partial charge >= 0.3 is 5.97 Å². The van der Waals surface area contributed by atoms with E-state index in [2.05, 4.69) is 11.4 Å². The van der Waals surface area contributed by atoms with E-state index in [9.17, 15) is 4.79 Å². The number of hydrogen-bond donors (Lipinski definition) is 2. The van der Waals surface area contributed by atoms with Crippen molar-refractivity contribution in [1.29, 1.82) is 0 Å². The largest absolute Gasteiger partial charge is 0.481 e. The van der Waals surface area contributed by atoms with Gasteiger partial charge in [-0.3, -0.25) is 9.78 Å². The molecule has 2 heterocycles. The molecule has 1 aliphatic rings. The average molecular weight is 336 g/mol. The highest BCUT2D eigenvalue weighted by Gasteiger charge is 2.20. The van der Waals surface area contributed by atoms with Crippen LogP contribution in [0.15, 0.2) is 48.5 Å². The summed E-state index contributed by atoms with van der Waals surface area (Å²) in [6.07, 6.45) is 0.0461. The van der Waals surface area contributed by atoms with E-state index < -0.39 is 5.97 Å². The minimum Gasteiger partial charge on any atom is -0.481 e. The maximum absolute atomic E-state index is 10.8. The normalized spacial score (nSPS) is 13.0. The molecule has 0 radical (unpaired) electrons. The maximum Gasteiger partial charge on any atom is 0.307 e. The van der Waals surface area contributed by atoms with Gasteiger partial charge in [0, 0.05) is 28.1 Å². The molecule has 120 valence electrons. The Morgan fingerprint density at radius 2 is 1.92 bits per heavy atom. The molecule has 0 atom stereocenters. The number of aromatic nitrogens is 1. The summed E-state index contributed by atoms with van der Waals surface area (Å²) in [6, 6.07) is 15.7. The third-order valence-corrected chi connectivity index (χ3v) is 5.11.